The molecular weight excluding hydrogens is 449 g/mol. The van der Waals surface area contributed by atoms with Crippen molar-refractivity contribution < 1.29 is 27.9 Å². The van der Waals surface area contributed by atoms with E-state index < -0.39 is 35.0 Å². The minimum atomic E-state index is -2.67. The summed E-state index contributed by atoms with van der Waals surface area (Å²) in [4.78, 5) is 25.9. The Hall–Kier alpha value is -2.62. The predicted molar refractivity (Wildman–Crippen MR) is 122 cm³/mol. The lowest BCUT2D eigenvalue weighted by atomic mass is 9.86. The summed E-state index contributed by atoms with van der Waals surface area (Å²) in [5, 5.41) is 19.0. The van der Waals surface area contributed by atoms with Gasteiger partial charge in [0.2, 0.25) is 11.8 Å². The monoisotopic (exact) mass is 482 g/mol. The first-order valence-electron chi connectivity index (χ1n) is 11.7. The third-order valence-corrected chi connectivity index (χ3v) is 6.24. The molecular formula is C24H33F3N4O3. The number of para-hydroxylation sites is 1. The van der Waals surface area contributed by atoms with E-state index in [0.29, 0.717) is 24.6 Å². The number of aliphatic hydroxyl groups is 1. The van der Waals surface area contributed by atoms with E-state index in [1.165, 1.54) is 16.8 Å². The first kappa shape index (κ1) is 26.0. The lowest BCUT2D eigenvalue weighted by molar-refractivity contribution is -0.125. The quantitative estimate of drug-likeness (QED) is 0.501. The van der Waals surface area contributed by atoms with Gasteiger partial charge in [-0.25, -0.2) is 13.2 Å². The van der Waals surface area contributed by atoms with Crippen LogP contribution >= 0.6 is 0 Å². The number of nitrogens with zero attached hydrogens (tertiary/aromatic N) is 2. The summed E-state index contributed by atoms with van der Waals surface area (Å²) in [7, 11) is 0. The molecule has 3 N–H and O–H groups in total. The zero-order valence-electron chi connectivity index (χ0n) is 19.8. The minimum Gasteiger partial charge on any atom is -0.396 e. The summed E-state index contributed by atoms with van der Waals surface area (Å²) in [5.41, 5.74) is -0.506. The highest BCUT2D eigenvalue weighted by Gasteiger charge is 2.36. The number of halogens is 3. The van der Waals surface area contributed by atoms with Crippen LogP contribution < -0.4 is 10.6 Å². The minimum absolute atomic E-state index is 0.0203. The molecule has 0 spiro atoms. The average Bonchev–Trinajstić information content (AvgIpc) is 3.12. The third kappa shape index (κ3) is 6.08. The normalized spacial score (nSPS) is 17.5. The Balaban J connectivity index is 1.86. The number of amides is 2. The first-order valence-corrected chi connectivity index (χ1v) is 11.7. The molecule has 1 aliphatic carbocycles. The van der Waals surface area contributed by atoms with Crippen LogP contribution in [0.25, 0.3) is 10.9 Å². The van der Waals surface area contributed by atoms with Crippen molar-refractivity contribution in [3.8, 4) is 0 Å². The SMILES string of the molecule is CC(C)(C)[C@H](NC(=O)c1nn(CC2CCC(F)(F)CC2)c2c(F)cccc12)C(=O)NCCCO. The maximum absolute atomic E-state index is 14.8. The van der Waals surface area contributed by atoms with Crippen LogP contribution in [0.1, 0.15) is 63.4 Å². The molecule has 188 valence electrons. The Morgan fingerprint density at radius 2 is 1.94 bits per heavy atom. The summed E-state index contributed by atoms with van der Waals surface area (Å²) >= 11 is 0. The topological polar surface area (TPSA) is 96.2 Å². The Morgan fingerprint density at radius 3 is 2.56 bits per heavy atom. The number of hydrogen-bond donors (Lipinski definition) is 3. The number of aliphatic hydroxyl groups excluding tert-OH is 1. The number of carbonyl (C=O) groups excluding carboxylic acids is 2. The van der Waals surface area contributed by atoms with E-state index in [4.69, 9.17) is 5.11 Å². The summed E-state index contributed by atoms with van der Waals surface area (Å²) in [6.45, 7) is 5.84. The molecule has 34 heavy (non-hydrogen) atoms. The third-order valence-electron chi connectivity index (χ3n) is 6.24. The predicted octanol–water partition coefficient (Wildman–Crippen LogP) is 3.64. The molecule has 3 rings (SSSR count). The van der Waals surface area contributed by atoms with E-state index in [1.54, 1.807) is 26.8 Å². The molecule has 1 aromatic carbocycles. The van der Waals surface area contributed by atoms with E-state index >= 15 is 0 Å². The molecule has 0 saturated heterocycles. The molecule has 0 radical (unpaired) electrons. The Morgan fingerprint density at radius 1 is 1.26 bits per heavy atom. The fourth-order valence-corrected chi connectivity index (χ4v) is 4.29. The molecule has 7 nitrogen and oxygen atoms in total. The summed E-state index contributed by atoms with van der Waals surface area (Å²) < 4.78 is 43.2. The van der Waals surface area contributed by atoms with Crippen LogP contribution in [0.3, 0.4) is 0 Å². The summed E-state index contributed by atoms with van der Waals surface area (Å²) in [6, 6.07) is 3.43. The van der Waals surface area contributed by atoms with Crippen molar-refractivity contribution >= 4 is 22.7 Å². The van der Waals surface area contributed by atoms with Crippen LogP contribution in [-0.4, -0.2) is 51.8 Å². The van der Waals surface area contributed by atoms with Crippen molar-refractivity contribution in [3.63, 3.8) is 0 Å². The number of fused-ring (bicyclic) bond motifs is 1. The molecule has 1 fully saturated rings. The van der Waals surface area contributed by atoms with Crippen LogP contribution in [-0.2, 0) is 11.3 Å². The highest BCUT2D eigenvalue weighted by molar-refractivity contribution is 6.06. The van der Waals surface area contributed by atoms with Gasteiger partial charge >= 0.3 is 0 Å². The molecule has 2 aromatic rings. The molecule has 10 heteroatoms. The fourth-order valence-electron chi connectivity index (χ4n) is 4.29. The molecule has 0 unspecified atom stereocenters. The maximum atomic E-state index is 14.8. The average molecular weight is 483 g/mol. The summed E-state index contributed by atoms with van der Waals surface area (Å²) in [6.07, 6.45) is 0.545. The number of benzene rings is 1. The van der Waals surface area contributed by atoms with E-state index in [0.717, 1.165) is 0 Å². The number of alkyl halides is 2. The van der Waals surface area contributed by atoms with Gasteiger partial charge in [0.25, 0.3) is 5.91 Å². The molecule has 1 aliphatic rings. The highest BCUT2D eigenvalue weighted by atomic mass is 19.3. The highest BCUT2D eigenvalue weighted by Crippen LogP contribution is 2.37. The van der Waals surface area contributed by atoms with Crippen molar-refractivity contribution in [3.05, 3.63) is 29.7 Å². The first-order chi connectivity index (χ1) is 15.9. The van der Waals surface area contributed by atoms with Crippen molar-refractivity contribution in [2.75, 3.05) is 13.2 Å². The maximum Gasteiger partial charge on any atom is 0.273 e. The van der Waals surface area contributed by atoms with Gasteiger partial charge in [-0.3, -0.25) is 14.3 Å². The number of nitrogens with one attached hydrogen (secondary N) is 2. The number of carbonyl (C=O) groups is 2. The van der Waals surface area contributed by atoms with E-state index in [-0.39, 0.29) is 49.7 Å². The van der Waals surface area contributed by atoms with Gasteiger partial charge in [0, 0.05) is 37.9 Å². The molecule has 2 amide bonds. The molecule has 0 aliphatic heterocycles. The number of hydrogen-bond acceptors (Lipinski definition) is 4. The second kappa shape index (κ2) is 10.3. The van der Waals surface area contributed by atoms with Crippen LogP contribution in [0, 0.1) is 17.2 Å². The van der Waals surface area contributed by atoms with Crippen LogP contribution in [0.2, 0.25) is 0 Å². The molecule has 1 atom stereocenters. The summed E-state index contributed by atoms with van der Waals surface area (Å²) in [5.74, 6) is -4.34. The smallest absolute Gasteiger partial charge is 0.273 e. The van der Waals surface area contributed by atoms with Crippen molar-refractivity contribution in [2.24, 2.45) is 11.3 Å². The lowest BCUT2D eigenvalue weighted by Gasteiger charge is -2.30. The Bertz CT molecular complexity index is 1020. The van der Waals surface area contributed by atoms with Gasteiger partial charge in [0.05, 0.1) is 0 Å². The molecule has 1 heterocycles. The Labute approximate surface area is 197 Å². The number of rotatable bonds is 8. The van der Waals surface area contributed by atoms with Crippen molar-refractivity contribution in [1.82, 2.24) is 20.4 Å². The van der Waals surface area contributed by atoms with Crippen LogP contribution in [0.15, 0.2) is 18.2 Å². The van der Waals surface area contributed by atoms with Gasteiger partial charge in [0.1, 0.15) is 17.4 Å². The molecule has 0 bridgehead atoms. The number of aromatic nitrogens is 2. The van der Waals surface area contributed by atoms with Crippen LogP contribution in [0.4, 0.5) is 13.2 Å². The van der Waals surface area contributed by atoms with Gasteiger partial charge in [-0.05, 0) is 36.7 Å². The van der Waals surface area contributed by atoms with Gasteiger partial charge in [-0.15, -0.1) is 0 Å². The van der Waals surface area contributed by atoms with E-state index in [9.17, 15) is 22.8 Å². The second-order valence-electron chi connectivity index (χ2n) is 10.1. The van der Waals surface area contributed by atoms with Crippen molar-refractivity contribution in [2.45, 2.75) is 71.4 Å². The second-order valence-corrected chi connectivity index (χ2v) is 10.1. The lowest BCUT2D eigenvalue weighted by Crippen LogP contribution is -2.53. The standard InChI is InChI=1S/C24H33F3N4O3/c1-23(2,3)20(22(34)28-12-5-13-32)29-21(33)18-16-6-4-7-17(25)19(16)31(30-18)14-15-8-10-24(26,27)11-9-15/h4,6-7,15,20,32H,5,8-14H2,1-3H3,(H,28,34)(H,29,33)/t20-/m1/s1. The van der Waals surface area contributed by atoms with Crippen LogP contribution in [0.5, 0.6) is 0 Å². The zero-order valence-corrected chi connectivity index (χ0v) is 19.8. The Kier molecular flexibility index (Phi) is 7.90. The largest absolute Gasteiger partial charge is 0.396 e. The molecule has 1 saturated carbocycles. The van der Waals surface area contributed by atoms with Crippen molar-refractivity contribution in [1.29, 1.82) is 0 Å². The van der Waals surface area contributed by atoms with E-state index in [2.05, 4.69) is 15.7 Å². The van der Waals surface area contributed by atoms with Gasteiger partial charge < -0.3 is 15.7 Å². The fraction of sp³-hybridized carbons (Fsp3) is 0.625. The zero-order chi connectivity index (χ0) is 25.1. The molecule has 1 aromatic heterocycles. The van der Waals surface area contributed by atoms with E-state index in [1.807, 2.05) is 0 Å². The van der Waals surface area contributed by atoms with Gasteiger partial charge in [-0.1, -0.05) is 32.9 Å². The van der Waals surface area contributed by atoms with Gasteiger partial charge in [0.15, 0.2) is 5.69 Å². The van der Waals surface area contributed by atoms with Gasteiger partial charge in [-0.2, -0.15) is 5.10 Å².